The van der Waals surface area contributed by atoms with Crippen LogP contribution in [0.4, 0.5) is 11.5 Å². The van der Waals surface area contributed by atoms with Crippen molar-refractivity contribution in [1.82, 2.24) is 15.3 Å². The number of halogens is 2. The van der Waals surface area contributed by atoms with E-state index in [1.807, 2.05) is 0 Å². The second kappa shape index (κ2) is 9.01. The van der Waals surface area contributed by atoms with Crippen LogP contribution in [-0.4, -0.2) is 22.4 Å². The van der Waals surface area contributed by atoms with Crippen LogP contribution in [0.15, 0.2) is 42.2 Å². The van der Waals surface area contributed by atoms with Gasteiger partial charge in [0.1, 0.15) is 11.5 Å². The summed E-state index contributed by atoms with van der Waals surface area (Å²) >= 11 is 12.1. The quantitative estimate of drug-likeness (QED) is 0.669. The van der Waals surface area contributed by atoms with Crippen LogP contribution >= 0.6 is 23.2 Å². The third kappa shape index (κ3) is 5.19. The van der Waals surface area contributed by atoms with E-state index in [9.17, 15) is 4.79 Å². The van der Waals surface area contributed by atoms with Gasteiger partial charge in [0.05, 0.1) is 23.1 Å². The number of anilines is 2. The molecule has 0 unspecified atom stereocenters. The van der Waals surface area contributed by atoms with Gasteiger partial charge in [-0.3, -0.25) is 4.79 Å². The van der Waals surface area contributed by atoms with E-state index in [1.165, 1.54) is 30.8 Å². The number of nitrogens with zero attached hydrogens (tertiary/aromatic N) is 2. The second-order valence-corrected chi connectivity index (χ2v) is 6.99. The number of benzene rings is 1. The zero-order valence-corrected chi connectivity index (χ0v) is 15.8. The Morgan fingerprint density at radius 2 is 2.04 bits per heavy atom. The predicted molar refractivity (Wildman–Crippen MR) is 105 cm³/mol. The average molecular weight is 391 g/mol. The molecule has 1 amide bonds. The molecule has 1 aromatic carbocycles. The molecule has 0 atom stereocenters. The lowest BCUT2D eigenvalue weighted by Crippen LogP contribution is -2.26. The van der Waals surface area contributed by atoms with Gasteiger partial charge in [0, 0.05) is 11.6 Å². The maximum absolute atomic E-state index is 12.2. The van der Waals surface area contributed by atoms with Crippen molar-refractivity contribution in [2.24, 2.45) is 0 Å². The van der Waals surface area contributed by atoms with Crippen molar-refractivity contribution in [1.29, 1.82) is 0 Å². The number of nitrogens with one attached hydrogen (secondary N) is 2. The molecule has 0 spiro atoms. The van der Waals surface area contributed by atoms with Crippen LogP contribution in [0.5, 0.6) is 0 Å². The molecule has 0 saturated heterocycles. The number of hydrogen-bond donors (Lipinski definition) is 2. The molecule has 7 heteroatoms. The van der Waals surface area contributed by atoms with E-state index < -0.39 is 0 Å². The summed E-state index contributed by atoms with van der Waals surface area (Å²) in [5.41, 5.74) is 2.34. The zero-order chi connectivity index (χ0) is 18.4. The van der Waals surface area contributed by atoms with E-state index in [4.69, 9.17) is 23.2 Å². The molecule has 3 rings (SSSR count). The minimum atomic E-state index is -0.221. The Kier molecular flexibility index (Phi) is 6.47. The number of carbonyl (C=O) groups excluding carboxylic acids is 1. The Labute approximate surface area is 162 Å². The largest absolute Gasteiger partial charge is 0.350 e. The van der Waals surface area contributed by atoms with Crippen molar-refractivity contribution < 1.29 is 4.79 Å². The fourth-order valence-electron chi connectivity index (χ4n) is 2.80. The minimum Gasteiger partial charge on any atom is -0.350 e. The van der Waals surface area contributed by atoms with Crippen LogP contribution in [0.3, 0.4) is 0 Å². The first-order chi connectivity index (χ1) is 12.6. The van der Waals surface area contributed by atoms with Crippen molar-refractivity contribution >= 4 is 40.6 Å². The summed E-state index contributed by atoms with van der Waals surface area (Å²) in [6.07, 6.45) is 10.9. The molecular weight excluding hydrogens is 371 g/mol. The van der Waals surface area contributed by atoms with Crippen LogP contribution in [0.1, 0.15) is 42.6 Å². The highest BCUT2D eigenvalue weighted by molar-refractivity contribution is 6.35. The molecule has 2 aromatic rings. The number of aromatic nitrogens is 2. The van der Waals surface area contributed by atoms with Gasteiger partial charge < -0.3 is 10.6 Å². The van der Waals surface area contributed by atoms with Crippen LogP contribution < -0.4 is 10.6 Å². The van der Waals surface area contributed by atoms with Gasteiger partial charge in [0.25, 0.3) is 5.91 Å². The van der Waals surface area contributed by atoms with E-state index in [0.717, 1.165) is 19.3 Å². The summed E-state index contributed by atoms with van der Waals surface area (Å²) in [6, 6.07) is 5.10. The first kappa shape index (κ1) is 18.7. The van der Waals surface area contributed by atoms with Crippen molar-refractivity contribution in [2.75, 3.05) is 11.9 Å². The number of hydrogen-bond acceptors (Lipinski definition) is 4. The van der Waals surface area contributed by atoms with Gasteiger partial charge in [0.2, 0.25) is 0 Å². The molecule has 1 aliphatic rings. The molecule has 0 radical (unpaired) electrons. The molecule has 2 N–H and O–H groups in total. The normalized spacial score (nSPS) is 13.8. The molecule has 5 nitrogen and oxygen atoms in total. The maximum Gasteiger partial charge on any atom is 0.271 e. The van der Waals surface area contributed by atoms with Gasteiger partial charge in [-0.15, -0.1) is 0 Å². The Morgan fingerprint density at radius 3 is 2.77 bits per heavy atom. The fraction of sp³-hybridized carbons (Fsp3) is 0.316. The molecule has 136 valence electrons. The third-order valence-electron chi connectivity index (χ3n) is 4.19. The minimum absolute atomic E-state index is 0.221. The lowest BCUT2D eigenvalue weighted by atomic mass is 9.97. The van der Waals surface area contributed by atoms with Gasteiger partial charge in [-0.05, 0) is 50.3 Å². The predicted octanol–water partition coefficient (Wildman–Crippen LogP) is 5.15. The van der Waals surface area contributed by atoms with E-state index in [0.29, 0.717) is 28.1 Å². The highest BCUT2D eigenvalue weighted by Gasteiger charge is 2.10. The highest BCUT2D eigenvalue weighted by atomic mass is 35.5. The van der Waals surface area contributed by atoms with Gasteiger partial charge >= 0.3 is 0 Å². The molecule has 0 bridgehead atoms. The fourth-order valence-corrected chi connectivity index (χ4v) is 3.14. The number of amides is 1. The smallest absolute Gasteiger partial charge is 0.271 e. The van der Waals surface area contributed by atoms with Gasteiger partial charge in [-0.2, -0.15) is 0 Å². The monoisotopic (exact) mass is 390 g/mol. The maximum atomic E-state index is 12.2. The third-order valence-corrected chi connectivity index (χ3v) is 4.76. The van der Waals surface area contributed by atoms with E-state index in [-0.39, 0.29) is 11.6 Å². The second-order valence-electron chi connectivity index (χ2n) is 6.15. The molecule has 1 heterocycles. The van der Waals surface area contributed by atoms with Crippen molar-refractivity contribution in [3.8, 4) is 0 Å². The molecule has 0 aliphatic heterocycles. The first-order valence-corrected chi connectivity index (χ1v) is 9.37. The Morgan fingerprint density at radius 1 is 1.15 bits per heavy atom. The lowest BCUT2D eigenvalue weighted by Gasteiger charge is -2.13. The van der Waals surface area contributed by atoms with E-state index >= 15 is 0 Å². The standard InChI is InChI=1S/C19H20Cl2N4O/c20-14-6-7-15(21)16(10-14)25-18-12-23-17(11-24-18)19(26)22-9-8-13-4-2-1-3-5-13/h4,6-7,10-12H,1-3,5,8-9H2,(H,22,26)(H,24,25). The summed E-state index contributed by atoms with van der Waals surface area (Å²) in [5, 5.41) is 7.01. The Hall–Kier alpha value is -2.11. The molecule has 0 fully saturated rings. The number of allylic oxidation sites excluding steroid dienone is 1. The van der Waals surface area contributed by atoms with Crippen molar-refractivity contribution in [2.45, 2.75) is 32.1 Å². The molecule has 26 heavy (non-hydrogen) atoms. The summed E-state index contributed by atoms with van der Waals surface area (Å²) in [5.74, 6) is 0.263. The van der Waals surface area contributed by atoms with Crippen LogP contribution in [0.25, 0.3) is 0 Å². The van der Waals surface area contributed by atoms with Crippen molar-refractivity contribution in [3.05, 3.63) is 58.0 Å². The van der Waals surface area contributed by atoms with E-state index in [2.05, 4.69) is 26.7 Å². The molecule has 1 aromatic heterocycles. The van der Waals surface area contributed by atoms with Gasteiger partial charge in [-0.25, -0.2) is 9.97 Å². The first-order valence-electron chi connectivity index (χ1n) is 8.62. The summed E-state index contributed by atoms with van der Waals surface area (Å²) in [4.78, 5) is 20.5. The number of rotatable bonds is 6. The molecular formula is C19H20Cl2N4O. The Bertz CT molecular complexity index is 806. The molecule has 1 aliphatic carbocycles. The average Bonchev–Trinajstić information content (AvgIpc) is 2.66. The summed E-state index contributed by atoms with van der Waals surface area (Å²) in [7, 11) is 0. The van der Waals surface area contributed by atoms with Crippen molar-refractivity contribution in [3.63, 3.8) is 0 Å². The van der Waals surface area contributed by atoms with Gasteiger partial charge in [-0.1, -0.05) is 34.9 Å². The summed E-state index contributed by atoms with van der Waals surface area (Å²) < 4.78 is 0. The lowest BCUT2D eigenvalue weighted by molar-refractivity contribution is 0.0948. The highest BCUT2D eigenvalue weighted by Crippen LogP contribution is 2.27. The topological polar surface area (TPSA) is 66.9 Å². The van der Waals surface area contributed by atoms with Crippen LogP contribution in [0, 0.1) is 0 Å². The van der Waals surface area contributed by atoms with Gasteiger partial charge in [0.15, 0.2) is 0 Å². The van der Waals surface area contributed by atoms with E-state index in [1.54, 1.807) is 18.2 Å². The summed E-state index contributed by atoms with van der Waals surface area (Å²) in [6.45, 7) is 0.616. The Balaban J connectivity index is 1.54. The zero-order valence-electron chi connectivity index (χ0n) is 14.3. The number of carbonyl (C=O) groups is 1. The molecule has 0 saturated carbocycles. The SMILES string of the molecule is O=C(NCCC1=CCCCC1)c1cnc(Nc2cc(Cl)ccc2Cl)cn1. The van der Waals surface area contributed by atoms with Crippen LogP contribution in [-0.2, 0) is 0 Å². The van der Waals surface area contributed by atoms with Crippen LogP contribution in [0.2, 0.25) is 10.0 Å².